The largest absolute Gasteiger partial charge is 0.497 e. The smallest absolute Gasteiger partial charge is 0.297 e. The van der Waals surface area contributed by atoms with Gasteiger partial charge >= 0.3 is 0 Å². The molecule has 5 rings (SSSR count). The monoisotopic (exact) mass is 391 g/mol. The Bertz CT molecular complexity index is 1250. The van der Waals surface area contributed by atoms with Crippen LogP contribution in [-0.2, 0) is 0 Å². The first kappa shape index (κ1) is 16.6. The maximum absolute atomic E-state index is 13.3. The van der Waals surface area contributed by atoms with Crippen LogP contribution in [0.2, 0.25) is 0 Å². The summed E-state index contributed by atoms with van der Waals surface area (Å²) >= 11 is 1.32. The molecule has 1 aliphatic rings. The van der Waals surface area contributed by atoms with E-state index in [4.69, 9.17) is 9.15 Å². The molecule has 28 heavy (non-hydrogen) atoms. The van der Waals surface area contributed by atoms with Crippen molar-refractivity contribution in [1.29, 1.82) is 0 Å². The number of carbonyl (C=O) groups is 1. The Morgan fingerprint density at radius 3 is 2.82 bits per heavy atom. The number of amides is 1. The minimum Gasteiger partial charge on any atom is -0.497 e. The lowest BCUT2D eigenvalue weighted by Gasteiger charge is -2.22. The summed E-state index contributed by atoms with van der Waals surface area (Å²) in [5.41, 5.74) is 1.07. The molecule has 4 aromatic rings. The van der Waals surface area contributed by atoms with Crippen LogP contribution in [-0.4, -0.2) is 23.0 Å². The summed E-state index contributed by atoms with van der Waals surface area (Å²) < 4.78 is 11.1. The summed E-state index contributed by atoms with van der Waals surface area (Å²) in [6.07, 6.45) is 4.91. The molecular formula is C20H13N3O4S. The maximum atomic E-state index is 13.3. The van der Waals surface area contributed by atoms with Crippen molar-refractivity contribution in [3.63, 3.8) is 0 Å². The summed E-state index contributed by atoms with van der Waals surface area (Å²) in [5, 5.41) is 2.66. The van der Waals surface area contributed by atoms with Gasteiger partial charge in [0.2, 0.25) is 5.76 Å². The van der Waals surface area contributed by atoms with Gasteiger partial charge in [0.05, 0.1) is 24.1 Å². The number of nitrogens with zero attached hydrogens (tertiary/aromatic N) is 3. The van der Waals surface area contributed by atoms with Gasteiger partial charge in [0.15, 0.2) is 10.6 Å². The van der Waals surface area contributed by atoms with Gasteiger partial charge in [-0.15, -0.1) is 11.3 Å². The first-order chi connectivity index (χ1) is 13.7. The molecule has 8 heteroatoms. The molecule has 0 unspecified atom stereocenters. The highest BCUT2D eigenvalue weighted by Crippen LogP contribution is 2.41. The summed E-state index contributed by atoms with van der Waals surface area (Å²) in [6, 6.07) is 7.90. The highest BCUT2D eigenvalue weighted by molar-refractivity contribution is 7.13. The summed E-state index contributed by atoms with van der Waals surface area (Å²) in [6.45, 7) is 0. The minimum absolute atomic E-state index is 0.0230. The highest BCUT2D eigenvalue weighted by Gasteiger charge is 2.44. The molecule has 0 saturated heterocycles. The maximum Gasteiger partial charge on any atom is 0.297 e. The number of ether oxygens (including phenoxy) is 1. The van der Waals surface area contributed by atoms with Crippen LogP contribution < -0.4 is 15.1 Å². The number of rotatable bonds is 3. The van der Waals surface area contributed by atoms with Gasteiger partial charge in [-0.2, -0.15) is 0 Å². The number of fused-ring (bicyclic) bond motifs is 2. The third-order valence-electron chi connectivity index (χ3n) is 4.70. The summed E-state index contributed by atoms with van der Waals surface area (Å²) in [4.78, 5) is 36.5. The van der Waals surface area contributed by atoms with Crippen molar-refractivity contribution >= 4 is 33.3 Å². The van der Waals surface area contributed by atoms with Crippen molar-refractivity contribution in [2.75, 3.05) is 12.0 Å². The summed E-state index contributed by atoms with van der Waals surface area (Å²) in [5.74, 6) is 0.164. The Kier molecular flexibility index (Phi) is 3.73. The number of anilines is 1. The van der Waals surface area contributed by atoms with Gasteiger partial charge in [-0.25, -0.2) is 4.98 Å². The Balaban J connectivity index is 1.82. The number of carbonyl (C=O) groups excluding carboxylic acids is 1. The van der Waals surface area contributed by atoms with Crippen molar-refractivity contribution in [2.45, 2.75) is 6.04 Å². The fourth-order valence-electron chi connectivity index (χ4n) is 3.46. The second-order valence-electron chi connectivity index (χ2n) is 6.21. The highest BCUT2D eigenvalue weighted by atomic mass is 32.1. The SMILES string of the molecule is COc1ccc2c(=O)c3c(oc2c1)C(=O)N(c1nccs1)[C@H]3c1cccnc1. The third kappa shape index (κ3) is 2.35. The molecule has 0 saturated carbocycles. The van der Waals surface area contributed by atoms with Crippen LogP contribution in [0.5, 0.6) is 5.75 Å². The van der Waals surface area contributed by atoms with E-state index in [1.54, 1.807) is 48.2 Å². The van der Waals surface area contributed by atoms with Crippen molar-refractivity contribution in [3.8, 4) is 5.75 Å². The molecule has 3 aromatic heterocycles. The topological polar surface area (TPSA) is 85.5 Å². The van der Waals surface area contributed by atoms with E-state index in [0.717, 1.165) is 0 Å². The molecule has 1 amide bonds. The van der Waals surface area contributed by atoms with Crippen LogP contribution in [0, 0.1) is 0 Å². The standard InChI is InChI=1S/C20H13N3O4S/c1-26-12-4-5-13-14(9-12)27-18-15(17(13)24)16(11-3-2-6-21-10-11)23(19(18)25)20-22-7-8-28-20/h2-10,16H,1H3/t16-/m0/s1. The van der Waals surface area contributed by atoms with Gasteiger partial charge in [0.25, 0.3) is 5.91 Å². The van der Waals surface area contributed by atoms with Crippen LogP contribution in [0.1, 0.15) is 27.7 Å². The van der Waals surface area contributed by atoms with Crippen LogP contribution >= 0.6 is 11.3 Å². The quantitative estimate of drug-likeness (QED) is 0.532. The summed E-state index contributed by atoms with van der Waals surface area (Å²) in [7, 11) is 1.53. The molecule has 0 N–H and O–H groups in total. The van der Waals surface area contributed by atoms with Gasteiger partial charge in [-0.3, -0.25) is 19.5 Å². The number of benzene rings is 1. The van der Waals surface area contributed by atoms with Crippen molar-refractivity contribution < 1.29 is 13.9 Å². The molecule has 1 aliphatic heterocycles. The van der Waals surface area contributed by atoms with Crippen LogP contribution in [0.4, 0.5) is 5.13 Å². The Hall–Kier alpha value is -3.52. The lowest BCUT2D eigenvalue weighted by Crippen LogP contribution is -2.29. The van der Waals surface area contributed by atoms with E-state index in [0.29, 0.717) is 33.0 Å². The van der Waals surface area contributed by atoms with Gasteiger partial charge in [-0.05, 0) is 23.8 Å². The zero-order chi connectivity index (χ0) is 19.3. The van der Waals surface area contributed by atoms with Gasteiger partial charge in [0.1, 0.15) is 11.3 Å². The van der Waals surface area contributed by atoms with E-state index >= 15 is 0 Å². The van der Waals surface area contributed by atoms with Gasteiger partial charge < -0.3 is 9.15 Å². The fraction of sp³-hybridized carbons (Fsp3) is 0.100. The molecule has 0 fully saturated rings. The zero-order valence-electron chi connectivity index (χ0n) is 14.7. The molecule has 4 heterocycles. The van der Waals surface area contributed by atoms with Crippen molar-refractivity contribution in [1.82, 2.24) is 9.97 Å². The Morgan fingerprint density at radius 1 is 1.21 bits per heavy atom. The molecule has 0 bridgehead atoms. The van der Waals surface area contributed by atoms with Crippen LogP contribution in [0.25, 0.3) is 11.0 Å². The van der Waals surface area contributed by atoms with Crippen molar-refractivity contribution in [3.05, 3.63) is 81.4 Å². The molecule has 1 aromatic carbocycles. The zero-order valence-corrected chi connectivity index (χ0v) is 15.5. The van der Waals surface area contributed by atoms with Crippen molar-refractivity contribution in [2.24, 2.45) is 0 Å². The molecule has 7 nitrogen and oxygen atoms in total. The van der Waals surface area contributed by atoms with Gasteiger partial charge in [-0.1, -0.05) is 6.07 Å². The lowest BCUT2D eigenvalue weighted by molar-refractivity contribution is 0.0971. The average molecular weight is 391 g/mol. The Morgan fingerprint density at radius 2 is 2.11 bits per heavy atom. The van der Waals surface area contributed by atoms with E-state index in [9.17, 15) is 9.59 Å². The predicted molar refractivity (Wildman–Crippen MR) is 104 cm³/mol. The lowest BCUT2D eigenvalue weighted by atomic mass is 10.00. The van der Waals surface area contributed by atoms with E-state index in [2.05, 4.69) is 9.97 Å². The van der Waals surface area contributed by atoms with E-state index in [-0.39, 0.29) is 11.2 Å². The van der Waals surface area contributed by atoms with E-state index in [1.165, 1.54) is 23.3 Å². The van der Waals surface area contributed by atoms with E-state index in [1.807, 2.05) is 6.07 Å². The normalized spacial score (nSPS) is 15.8. The van der Waals surface area contributed by atoms with Gasteiger partial charge in [0, 0.05) is 30.0 Å². The Labute approximate surface area is 162 Å². The minimum atomic E-state index is -0.648. The molecule has 0 radical (unpaired) electrons. The second-order valence-corrected chi connectivity index (χ2v) is 7.09. The first-order valence-corrected chi connectivity index (χ1v) is 9.34. The van der Waals surface area contributed by atoms with Crippen LogP contribution in [0.15, 0.2) is 63.5 Å². The molecule has 0 spiro atoms. The third-order valence-corrected chi connectivity index (χ3v) is 5.48. The number of thiazole rings is 1. The molecule has 138 valence electrons. The fourth-order valence-corrected chi connectivity index (χ4v) is 4.13. The molecule has 0 aliphatic carbocycles. The second kappa shape index (κ2) is 6.28. The number of aromatic nitrogens is 2. The molecular weight excluding hydrogens is 378 g/mol. The number of methoxy groups -OCH3 is 1. The molecule has 1 atom stereocenters. The predicted octanol–water partition coefficient (Wildman–Crippen LogP) is 3.40. The number of hydrogen-bond donors (Lipinski definition) is 0. The number of hydrogen-bond acceptors (Lipinski definition) is 7. The number of pyridine rings is 1. The van der Waals surface area contributed by atoms with Crippen LogP contribution in [0.3, 0.4) is 0 Å². The first-order valence-electron chi connectivity index (χ1n) is 8.47. The van der Waals surface area contributed by atoms with E-state index < -0.39 is 11.9 Å². The average Bonchev–Trinajstić information content (AvgIpc) is 3.35.